The number of halogens is 1. The number of hydrogen-bond acceptors (Lipinski definition) is 3. The van der Waals surface area contributed by atoms with Crippen molar-refractivity contribution in [1.82, 2.24) is 0 Å². The first-order valence-electron chi connectivity index (χ1n) is 3.34. The van der Waals surface area contributed by atoms with Crippen molar-refractivity contribution in [2.45, 2.75) is 0 Å². The molecule has 62 valence electrons. The fraction of sp³-hybridized carbons (Fsp3) is 0. The first kappa shape index (κ1) is 8.12. The molecule has 0 aliphatic rings. The van der Waals surface area contributed by atoms with E-state index < -0.39 is 0 Å². The second kappa shape index (κ2) is 2.77. The summed E-state index contributed by atoms with van der Waals surface area (Å²) in [6.45, 7) is 0. The van der Waals surface area contributed by atoms with Crippen LogP contribution in [0.25, 0.3) is 10.1 Å². The van der Waals surface area contributed by atoms with E-state index in [1.807, 2.05) is 40.1 Å². The molecule has 2 rings (SSSR count). The first-order valence-corrected chi connectivity index (χ1v) is 5.30. The number of benzene rings is 1. The van der Waals surface area contributed by atoms with Gasteiger partial charge in [-0.25, -0.2) is 0 Å². The molecule has 0 saturated carbocycles. The molecule has 1 heterocycles. The lowest BCUT2D eigenvalue weighted by Crippen LogP contribution is -1.88. The maximum Gasteiger partial charge on any atom is 0.148 e. The Hall–Kier alpha value is -0.490. The van der Waals surface area contributed by atoms with Crippen molar-refractivity contribution in [3.63, 3.8) is 0 Å². The zero-order valence-electron chi connectivity index (χ0n) is 6.04. The minimum atomic E-state index is 0.306. The third-order valence-electron chi connectivity index (χ3n) is 1.68. The SMILES string of the molecule is Nc1cc2ccsc2c(O)c1I. The predicted molar refractivity (Wildman–Crippen MR) is 60.6 cm³/mol. The van der Waals surface area contributed by atoms with Crippen LogP contribution in [0, 0.1) is 3.57 Å². The van der Waals surface area contributed by atoms with Crippen molar-refractivity contribution in [3.8, 4) is 5.75 Å². The Morgan fingerprint density at radius 1 is 1.50 bits per heavy atom. The molecule has 2 aromatic rings. The standard InChI is InChI=1S/C8H6INOS/c9-6-5(10)3-4-1-2-12-8(4)7(6)11/h1-3,11H,10H2. The molecule has 0 radical (unpaired) electrons. The van der Waals surface area contributed by atoms with Gasteiger partial charge in [0.25, 0.3) is 0 Å². The third-order valence-corrected chi connectivity index (χ3v) is 3.75. The van der Waals surface area contributed by atoms with Crippen LogP contribution in [-0.4, -0.2) is 5.11 Å². The lowest BCUT2D eigenvalue weighted by Gasteiger charge is -2.01. The van der Waals surface area contributed by atoms with E-state index in [9.17, 15) is 5.11 Å². The summed E-state index contributed by atoms with van der Waals surface area (Å²) in [6, 6.07) is 3.83. The average molecular weight is 291 g/mol. The van der Waals surface area contributed by atoms with E-state index >= 15 is 0 Å². The number of phenols is 1. The van der Waals surface area contributed by atoms with Crippen molar-refractivity contribution >= 4 is 49.7 Å². The molecule has 0 fully saturated rings. The summed E-state index contributed by atoms with van der Waals surface area (Å²) in [5, 5.41) is 12.6. The number of thiophene rings is 1. The third kappa shape index (κ3) is 1.06. The van der Waals surface area contributed by atoms with Crippen molar-refractivity contribution in [3.05, 3.63) is 21.1 Å². The zero-order valence-corrected chi connectivity index (χ0v) is 9.02. The van der Waals surface area contributed by atoms with Crippen LogP contribution >= 0.6 is 33.9 Å². The molecule has 4 heteroatoms. The molecule has 0 unspecified atom stereocenters. The molecule has 0 amide bonds. The van der Waals surface area contributed by atoms with Gasteiger partial charge in [0.1, 0.15) is 5.75 Å². The molecule has 3 N–H and O–H groups in total. The summed E-state index contributed by atoms with van der Waals surface area (Å²) in [4.78, 5) is 0. The number of hydrogen-bond donors (Lipinski definition) is 2. The molecular weight excluding hydrogens is 285 g/mol. The fourth-order valence-corrected chi connectivity index (χ4v) is 2.53. The van der Waals surface area contributed by atoms with Crippen molar-refractivity contribution < 1.29 is 5.11 Å². The predicted octanol–water partition coefficient (Wildman–Crippen LogP) is 2.79. The largest absolute Gasteiger partial charge is 0.505 e. The smallest absolute Gasteiger partial charge is 0.148 e. The van der Waals surface area contributed by atoms with Crippen molar-refractivity contribution in [2.75, 3.05) is 5.73 Å². The molecule has 0 aliphatic carbocycles. The maximum absolute atomic E-state index is 9.65. The van der Waals surface area contributed by atoms with Gasteiger partial charge in [0.05, 0.1) is 8.27 Å². The second-order valence-electron chi connectivity index (χ2n) is 2.47. The molecule has 0 atom stereocenters. The van der Waals surface area contributed by atoms with Gasteiger partial charge in [-0.3, -0.25) is 0 Å². The molecule has 0 bridgehead atoms. The number of anilines is 1. The average Bonchev–Trinajstić information content (AvgIpc) is 2.48. The second-order valence-corrected chi connectivity index (χ2v) is 4.46. The summed E-state index contributed by atoms with van der Waals surface area (Å²) < 4.78 is 1.65. The Morgan fingerprint density at radius 2 is 2.25 bits per heavy atom. The van der Waals surface area contributed by atoms with Crippen LogP contribution in [0.5, 0.6) is 5.75 Å². The number of fused-ring (bicyclic) bond motifs is 1. The number of nitrogens with two attached hydrogens (primary N) is 1. The van der Waals surface area contributed by atoms with Gasteiger partial charge < -0.3 is 10.8 Å². The van der Waals surface area contributed by atoms with Gasteiger partial charge >= 0.3 is 0 Å². The lowest BCUT2D eigenvalue weighted by atomic mass is 10.2. The van der Waals surface area contributed by atoms with Gasteiger partial charge in [-0.05, 0) is 45.5 Å². The van der Waals surface area contributed by atoms with Crippen molar-refractivity contribution in [2.24, 2.45) is 0 Å². The van der Waals surface area contributed by atoms with E-state index in [0.29, 0.717) is 11.4 Å². The minimum absolute atomic E-state index is 0.306. The maximum atomic E-state index is 9.65. The number of aromatic hydroxyl groups is 1. The van der Waals surface area contributed by atoms with Crippen LogP contribution in [0.4, 0.5) is 5.69 Å². The highest BCUT2D eigenvalue weighted by Gasteiger charge is 2.08. The quantitative estimate of drug-likeness (QED) is 0.579. The number of rotatable bonds is 0. The molecular formula is C8H6INOS. The van der Waals surface area contributed by atoms with Crippen LogP contribution in [0.1, 0.15) is 0 Å². The van der Waals surface area contributed by atoms with E-state index in [1.165, 1.54) is 11.3 Å². The van der Waals surface area contributed by atoms with Gasteiger partial charge in [0, 0.05) is 5.69 Å². The summed E-state index contributed by atoms with van der Waals surface area (Å²) in [5.41, 5.74) is 6.32. The van der Waals surface area contributed by atoms with Crippen LogP contribution in [0.15, 0.2) is 17.5 Å². The summed E-state index contributed by atoms with van der Waals surface area (Å²) in [7, 11) is 0. The Bertz CT molecular complexity index is 438. The molecule has 0 aliphatic heterocycles. The minimum Gasteiger partial charge on any atom is -0.505 e. The van der Waals surface area contributed by atoms with Crippen LogP contribution in [-0.2, 0) is 0 Å². The van der Waals surface area contributed by atoms with Gasteiger partial charge in [-0.1, -0.05) is 0 Å². The highest BCUT2D eigenvalue weighted by atomic mass is 127. The molecule has 0 saturated heterocycles. The Kier molecular flexibility index (Phi) is 1.88. The Morgan fingerprint density at radius 3 is 3.00 bits per heavy atom. The van der Waals surface area contributed by atoms with Crippen LogP contribution < -0.4 is 5.73 Å². The molecule has 12 heavy (non-hydrogen) atoms. The molecule has 2 nitrogen and oxygen atoms in total. The Balaban J connectivity index is 2.94. The number of nitrogen functional groups attached to an aromatic ring is 1. The molecule has 0 spiro atoms. The van der Waals surface area contributed by atoms with E-state index in [2.05, 4.69) is 0 Å². The van der Waals surface area contributed by atoms with E-state index in [0.717, 1.165) is 13.7 Å². The fourth-order valence-electron chi connectivity index (χ4n) is 1.09. The topological polar surface area (TPSA) is 46.2 Å². The Labute approximate surface area is 87.1 Å². The summed E-state index contributed by atoms with van der Waals surface area (Å²) in [5.74, 6) is 0.306. The van der Waals surface area contributed by atoms with E-state index in [-0.39, 0.29) is 0 Å². The van der Waals surface area contributed by atoms with Gasteiger partial charge in [0.2, 0.25) is 0 Å². The lowest BCUT2D eigenvalue weighted by molar-refractivity contribution is 0.479. The monoisotopic (exact) mass is 291 g/mol. The highest BCUT2D eigenvalue weighted by molar-refractivity contribution is 14.1. The summed E-state index contributed by atoms with van der Waals surface area (Å²) >= 11 is 3.57. The number of phenolic OH excluding ortho intramolecular Hbond substituents is 1. The van der Waals surface area contributed by atoms with Crippen LogP contribution in [0.3, 0.4) is 0 Å². The molecule has 1 aromatic carbocycles. The highest BCUT2D eigenvalue weighted by Crippen LogP contribution is 2.37. The van der Waals surface area contributed by atoms with Gasteiger partial charge in [-0.2, -0.15) is 0 Å². The first-order chi connectivity index (χ1) is 5.70. The van der Waals surface area contributed by atoms with E-state index in [4.69, 9.17) is 5.73 Å². The van der Waals surface area contributed by atoms with E-state index in [1.54, 1.807) is 0 Å². The van der Waals surface area contributed by atoms with Gasteiger partial charge in [0.15, 0.2) is 0 Å². The van der Waals surface area contributed by atoms with Crippen LogP contribution in [0.2, 0.25) is 0 Å². The molecule has 1 aromatic heterocycles. The van der Waals surface area contributed by atoms with Gasteiger partial charge in [-0.15, -0.1) is 11.3 Å². The summed E-state index contributed by atoms with van der Waals surface area (Å²) in [6.07, 6.45) is 0. The normalized spacial score (nSPS) is 10.8. The van der Waals surface area contributed by atoms with Crippen molar-refractivity contribution in [1.29, 1.82) is 0 Å². The zero-order chi connectivity index (χ0) is 8.72.